The van der Waals surface area contributed by atoms with E-state index in [1.165, 1.54) is 10.9 Å². The fourth-order valence-electron chi connectivity index (χ4n) is 2.17. The van der Waals surface area contributed by atoms with Gasteiger partial charge in [0.1, 0.15) is 5.82 Å². The first-order valence-electron chi connectivity index (χ1n) is 6.48. The van der Waals surface area contributed by atoms with Gasteiger partial charge in [0.15, 0.2) is 0 Å². The minimum absolute atomic E-state index is 0.167. The van der Waals surface area contributed by atoms with Gasteiger partial charge in [0.2, 0.25) is 0 Å². The number of aryl methyl sites for hydroxylation is 2. The van der Waals surface area contributed by atoms with Crippen molar-refractivity contribution in [3.05, 3.63) is 51.2 Å². The number of aromatic nitrogens is 1. The lowest BCUT2D eigenvalue weighted by Gasteiger charge is -2.12. The summed E-state index contributed by atoms with van der Waals surface area (Å²) in [4.78, 5) is 5.73. The molecule has 0 radical (unpaired) electrons. The average molecular weight is 278 g/mol. The summed E-state index contributed by atoms with van der Waals surface area (Å²) in [5.41, 5.74) is 2.13. The zero-order valence-electron chi connectivity index (χ0n) is 11.5. The number of halogens is 1. The van der Waals surface area contributed by atoms with Gasteiger partial charge in [0, 0.05) is 10.9 Å². The Labute approximate surface area is 117 Å². The summed E-state index contributed by atoms with van der Waals surface area (Å²) in [5, 5.41) is 4.57. The molecule has 19 heavy (non-hydrogen) atoms. The molecule has 0 fully saturated rings. The van der Waals surface area contributed by atoms with Gasteiger partial charge in [-0.15, -0.1) is 11.3 Å². The van der Waals surface area contributed by atoms with Gasteiger partial charge < -0.3 is 5.32 Å². The molecule has 0 aliphatic carbocycles. The Kier molecular flexibility index (Phi) is 4.66. The molecule has 0 saturated carbocycles. The summed E-state index contributed by atoms with van der Waals surface area (Å²) >= 11 is 1.74. The van der Waals surface area contributed by atoms with Crippen LogP contribution >= 0.6 is 11.3 Å². The largest absolute Gasteiger partial charge is 0.309 e. The first-order valence-corrected chi connectivity index (χ1v) is 7.29. The highest BCUT2D eigenvalue weighted by Crippen LogP contribution is 2.24. The highest BCUT2D eigenvalue weighted by atomic mass is 32.1. The monoisotopic (exact) mass is 278 g/mol. The average Bonchev–Trinajstić information content (AvgIpc) is 2.68. The van der Waals surface area contributed by atoms with E-state index in [4.69, 9.17) is 0 Å². The van der Waals surface area contributed by atoms with Crippen LogP contribution < -0.4 is 5.32 Å². The summed E-state index contributed by atoms with van der Waals surface area (Å²) in [6.07, 6.45) is 0.832. The fourth-order valence-corrected chi connectivity index (χ4v) is 3.12. The SMILES string of the molecule is Cc1nc(C)c(C(C)NCCc2cccc(F)c2)s1. The second kappa shape index (κ2) is 6.26. The lowest BCUT2D eigenvalue weighted by atomic mass is 10.1. The molecule has 2 rings (SSSR count). The standard InChI is InChI=1S/C15H19FN2S/c1-10(15-11(2)18-12(3)19-15)17-8-7-13-5-4-6-14(16)9-13/h4-6,9-10,17H,7-8H2,1-3H3. The Hall–Kier alpha value is -1.26. The summed E-state index contributed by atoms with van der Waals surface area (Å²) < 4.78 is 13.0. The number of hydrogen-bond donors (Lipinski definition) is 1. The Morgan fingerprint density at radius 1 is 1.37 bits per heavy atom. The second-order valence-electron chi connectivity index (χ2n) is 4.74. The predicted octanol–water partition coefficient (Wildman–Crippen LogP) is 3.79. The first-order chi connectivity index (χ1) is 9.06. The molecule has 102 valence electrons. The lowest BCUT2D eigenvalue weighted by molar-refractivity contribution is 0.578. The molecular formula is C15H19FN2S. The Balaban J connectivity index is 1.87. The van der Waals surface area contributed by atoms with Crippen LogP contribution in [0.5, 0.6) is 0 Å². The third-order valence-electron chi connectivity index (χ3n) is 3.09. The van der Waals surface area contributed by atoms with Gasteiger partial charge in [-0.1, -0.05) is 12.1 Å². The van der Waals surface area contributed by atoms with E-state index in [1.54, 1.807) is 23.5 Å². The van der Waals surface area contributed by atoms with Gasteiger partial charge in [-0.2, -0.15) is 0 Å². The molecule has 2 aromatic rings. The molecule has 0 amide bonds. The number of thiazole rings is 1. The van der Waals surface area contributed by atoms with Gasteiger partial charge in [-0.25, -0.2) is 9.37 Å². The zero-order chi connectivity index (χ0) is 13.8. The van der Waals surface area contributed by atoms with Crippen LogP contribution in [0.15, 0.2) is 24.3 Å². The molecule has 1 N–H and O–H groups in total. The van der Waals surface area contributed by atoms with E-state index in [-0.39, 0.29) is 5.82 Å². The van der Waals surface area contributed by atoms with E-state index in [0.717, 1.165) is 29.2 Å². The summed E-state index contributed by atoms with van der Waals surface area (Å²) in [6.45, 7) is 7.05. The third-order valence-corrected chi connectivity index (χ3v) is 4.34. The number of nitrogens with one attached hydrogen (secondary N) is 1. The van der Waals surface area contributed by atoms with Crippen LogP contribution in [0.2, 0.25) is 0 Å². The van der Waals surface area contributed by atoms with Crippen LogP contribution in [-0.2, 0) is 6.42 Å². The van der Waals surface area contributed by atoms with E-state index < -0.39 is 0 Å². The van der Waals surface area contributed by atoms with E-state index in [9.17, 15) is 4.39 Å². The molecule has 1 aromatic carbocycles. The van der Waals surface area contributed by atoms with Crippen LogP contribution in [0.1, 0.15) is 34.1 Å². The Morgan fingerprint density at radius 2 is 2.16 bits per heavy atom. The minimum atomic E-state index is -0.167. The molecule has 1 atom stereocenters. The van der Waals surface area contributed by atoms with Crippen LogP contribution in [-0.4, -0.2) is 11.5 Å². The van der Waals surface area contributed by atoms with Gasteiger partial charge in [-0.3, -0.25) is 0 Å². The van der Waals surface area contributed by atoms with Gasteiger partial charge in [-0.05, 0) is 51.4 Å². The quantitative estimate of drug-likeness (QED) is 0.900. The molecule has 0 bridgehead atoms. The summed E-state index contributed by atoms with van der Waals surface area (Å²) in [6, 6.07) is 7.07. The van der Waals surface area contributed by atoms with Crippen molar-refractivity contribution in [3.8, 4) is 0 Å². The van der Waals surface area contributed by atoms with Crippen LogP contribution in [0.25, 0.3) is 0 Å². The third kappa shape index (κ3) is 3.85. The van der Waals surface area contributed by atoms with Crippen molar-refractivity contribution in [2.45, 2.75) is 33.2 Å². The van der Waals surface area contributed by atoms with Crippen molar-refractivity contribution < 1.29 is 4.39 Å². The first kappa shape index (κ1) is 14.2. The molecule has 1 aromatic heterocycles. The number of hydrogen-bond acceptors (Lipinski definition) is 3. The number of rotatable bonds is 5. The second-order valence-corrected chi connectivity index (χ2v) is 5.97. The van der Waals surface area contributed by atoms with Crippen LogP contribution in [0.3, 0.4) is 0 Å². The maximum atomic E-state index is 13.0. The predicted molar refractivity (Wildman–Crippen MR) is 78.1 cm³/mol. The number of nitrogens with zero attached hydrogens (tertiary/aromatic N) is 1. The maximum absolute atomic E-state index is 13.0. The minimum Gasteiger partial charge on any atom is -0.309 e. The molecule has 2 nitrogen and oxygen atoms in total. The van der Waals surface area contributed by atoms with Crippen molar-refractivity contribution in [1.29, 1.82) is 0 Å². The van der Waals surface area contributed by atoms with Gasteiger partial charge in [0.05, 0.1) is 10.7 Å². The molecule has 1 heterocycles. The normalized spacial score (nSPS) is 12.6. The Morgan fingerprint density at radius 3 is 2.79 bits per heavy atom. The van der Waals surface area contributed by atoms with E-state index in [2.05, 4.69) is 17.2 Å². The maximum Gasteiger partial charge on any atom is 0.123 e. The highest BCUT2D eigenvalue weighted by molar-refractivity contribution is 7.11. The summed E-state index contributed by atoms with van der Waals surface area (Å²) in [5.74, 6) is -0.167. The molecule has 0 saturated heterocycles. The van der Waals surface area contributed by atoms with E-state index in [0.29, 0.717) is 6.04 Å². The highest BCUT2D eigenvalue weighted by Gasteiger charge is 2.11. The van der Waals surface area contributed by atoms with Gasteiger partial charge >= 0.3 is 0 Å². The Bertz CT molecular complexity index is 551. The topological polar surface area (TPSA) is 24.9 Å². The molecular weight excluding hydrogens is 259 g/mol. The molecule has 1 unspecified atom stereocenters. The van der Waals surface area contributed by atoms with Crippen LogP contribution in [0.4, 0.5) is 4.39 Å². The zero-order valence-corrected chi connectivity index (χ0v) is 12.4. The summed E-state index contributed by atoms with van der Waals surface area (Å²) in [7, 11) is 0. The lowest BCUT2D eigenvalue weighted by Crippen LogP contribution is -2.21. The van der Waals surface area contributed by atoms with Crippen LogP contribution in [0, 0.1) is 19.7 Å². The number of benzene rings is 1. The van der Waals surface area contributed by atoms with E-state index in [1.807, 2.05) is 19.9 Å². The molecule has 0 aliphatic rings. The van der Waals surface area contributed by atoms with Crippen molar-refractivity contribution in [2.24, 2.45) is 0 Å². The fraction of sp³-hybridized carbons (Fsp3) is 0.400. The molecule has 0 spiro atoms. The van der Waals surface area contributed by atoms with Crippen molar-refractivity contribution in [1.82, 2.24) is 10.3 Å². The molecule has 0 aliphatic heterocycles. The van der Waals surface area contributed by atoms with Crippen molar-refractivity contribution in [2.75, 3.05) is 6.54 Å². The molecule has 4 heteroatoms. The van der Waals surface area contributed by atoms with Crippen molar-refractivity contribution >= 4 is 11.3 Å². The van der Waals surface area contributed by atoms with Gasteiger partial charge in [0.25, 0.3) is 0 Å². The smallest absolute Gasteiger partial charge is 0.123 e. The van der Waals surface area contributed by atoms with Crippen molar-refractivity contribution in [3.63, 3.8) is 0 Å². The van der Waals surface area contributed by atoms with E-state index >= 15 is 0 Å².